The minimum Gasteiger partial charge on any atom is -0.332 e. The van der Waals surface area contributed by atoms with E-state index in [1.807, 2.05) is 41.1 Å². The molecule has 4 rings (SSSR count). The van der Waals surface area contributed by atoms with Crippen LogP contribution in [0.4, 0.5) is 10.8 Å². The van der Waals surface area contributed by atoms with E-state index in [9.17, 15) is 4.79 Å². The predicted octanol–water partition coefficient (Wildman–Crippen LogP) is 3.32. The lowest BCUT2D eigenvalue weighted by Crippen LogP contribution is -2.18. The molecule has 124 valence electrons. The minimum absolute atomic E-state index is 0.353. The first-order valence-corrected chi connectivity index (χ1v) is 8.26. The lowest BCUT2D eigenvalue weighted by molar-refractivity contribution is 0.0706. The summed E-state index contributed by atoms with van der Waals surface area (Å²) in [5, 5.41) is 12.6. The number of pyridine rings is 1. The Kier molecular flexibility index (Phi) is 3.88. The second kappa shape index (κ2) is 6.34. The highest BCUT2D eigenvalue weighted by atomic mass is 32.1. The molecule has 0 unspecified atom stereocenters. The van der Waals surface area contributed by atoms with Crippen molar-refractivity contribution in [3.05, 3.63) is 66.6 Å². The summed E-state index contributed by atoms with van der Waals surface area (Å²) < 4.78 is 2.00. The Labute approximate surface area is 146 Å². The molecule has 0 aliphatic carbocycles. The lowest BCUT2D eigenvalue weighted by atomic mass is 10.2. The van der Waals surface area contributed by atoms with Gasteiger partial charge in [0.2, 0.25) is 0 Å². The van der Waals surface area contributed by atoms with Gasteiger partial charge in [0.1, 0.15) is 5.65 Å². The zero-order valence-electron chi connectivity index (χ0n) is 12.9. The molecule has 25 heavy (non-hydrogen) atoms. The Morgan fingerprint density at radius 2 is 2.04 bits per heavy atom. The summed E-state index contributed by atoms with van der Waals surface area (Å²) in [7, 11) is 0. The molecule has 0 spiro atoms. The number of benzene rings is 1. The number of rotatable bonds is 4. The number of carbonyl (C=O) groups is 1. The number of nitrogens with zero attached hydrogens (tertiary/aromatic N) is 3. The van der Waals surface area contributed by atoms with Gasteiger partial charge in [-0.15, -0.1) is 0 Å². The van der Waals surface area contributed by atoms with Gasteiger partial charge in [0, 0.05) is 23.6 Å². The van der Waals surface area contributed by atoms with E-state index in [0.717, 1.165) is 16.2 Å². The van der Waals surface area contributed by atoms with Gasteiger partial charge < -0.3 is 5.32 Å². The summed E-state index contributed by atoms with van der Waals surface area (Å²) in [6, 6.07) is 12.7. The number of carbonyl (C=O) groups excluding carboxylic acids is 1. The first-order chi connectivity index (χ1) is 12.2. The van der Waals surface area contributed by atoms with Crippen LogP contribution in [0.3, 0.4) is 0 Å². The summed E-state index contributed by atoms with van der Waals surface area (Å²) in [5.41, 5.74) is 4.53. The average molecular weight is 351 g/mol. The van der Waals surface area contributed by atoms with Crippen molar-refractivity contribution in [1.29, 1.82) is 0 Å². The van der Waals surface area contributed by atoms with E-state index in [0.29, 0.717) is 16.4 Å². The van der Waals surface area contributed by atoms with Crippen LogP contribution in [0.25, 0.3) is 16.2 Å². The van der Waals surface area contributed by atoms with E-state index in [2.05, 4.69) is 15.3 Å². The van der Waals surface area contributed by atoms with Crippen LogP contribution in [-0.4, -0.2) is 25.5 Å². The highest BCUT2D eigenvalue weighted by Crippen LogP contribution is 2.31. The van der Waals surface area contributed by atoms with Crippen LogP contribution in [0.15, 0.2) is 61.1 Å². The highest BCUT2D eigenvalue weighted by molar-refractivity contribution is 7.18. The standard InChI is InChI=1S/C17H13N5O2S/c23-16(21-24)11-4-3-5-12(8-11)20-17-19-10-14(25-17)13-9-18-15-6-1-2-7-22(13)15/h1-10,24H,(H,19,20)(H,21,23). The van der Waals surface area contributed by atoms with E-state index >= 15 is 0 Å². The van der Waals surface area contributed by atoms with Crippen LogP contribution in [0.5, 0.6) is 0 Å². The maximum Gasteiger partial charge on any atom is 0.274 e. The largest absolute Gasteiger partial charge is 0.332 e. The molecule has 0 atom stereocenters. The summed E-state index contributed by atoms with van der Waals surface area (Å²) in [6.07, 6.45) is 5.56. The maximum absolute atomic E-state index is 11.5. The van der Waals surface area contributed by atoms with Crippen molar-refractivity contribution in [3.8, 4) is 10.6 Å². The van der Waals surface area contributed by atoms with Crippen molar-refractivity contribution in [2.24, 2.45) is 0 Å². The third kappa shape index (κ3) is 2.95. The number of imidazole rings is 1. The fourth-order valence-electron chi connectivity index (χ4n) is 2.49. The summed E-state index contributed by atoms with van der Waals surface area (Å²) in [5.74, 6) is -0.561. The number of anilines is 2. The Morgan fingerprint density at radius 1 is 1.12 bits per heavy atom. The Bertz CT molecular complexity index is 1060. The van der Waals surface area contributed by atoms with Gasteiger partial charge in [-0.1, -0.05) is 23.5 Å². The summed E-state index contributed by atoms with van der Waals surface area (Å²) >= 11 is 1.49. The second-order valence-electron chi connectivity index (χ2n) is 5.25. The zero-order valence-corrected chi connectivity index (χ0v) is 13.7. The second-order valence-corrected chi connectivity index (χ2v) is 6.28. The van der Waals surface area contributed by atoms with Crippen molar-refractivity contribution in [1.82, 2.24) is 19.8 Å². The van der Waals surface area contributed by atoms with Gasteiger partial charge in [0.15, 0.2) is 5.13 Å². The topological polar surface area (TPSA) is 91.5 Å². The molecule has 4 aromatic rings. The van der Waals surface area contributed by atoms with Gasteiger partial charge in [-0.3, -0.25) is 14.4 Å². The molecule has 0 saturated heterocycles. The van der Waals surface area contributed by atoms with Crippen LogP contribution in [0.2, 0.25) is 0 Å². The number of aromatic nitrogens is 3. The third-order valence-electron chi connectivity index (χ3n) is 3.65. The Morgan fingerprint density at radius 3 is 2.92 bits per heavy atom. The predicted molar refractivity (Wildman–Crippen MR) is 95.3 cm³/mol. The molecule has 3 N–H and O–H groups in total. The SMILES string of the molecule is O=C(NO)c1cccc(Nc2ncc(-c3cnc4ccccn34)s2)c1. The molecule has 1 aromatic carbocycles. The van der Waals surface area contributed by atoms with Gasteiger partial charge in [0.05, 0.1) is 16.8 Å². The first-order valence-electron chi connectivity index (χ1n) is 7.44. The smallest absolute Gasteiger partial charge is 0.274 e. The summed E-state index contributed by atoms with van der Waals surface area (Å²) in [6.45, 7) is 0. The molecule has 0 aliphatic heterocycles. The fraction of sp³-hybridized carbons (Fsp3) is 0. The van der Waals surface area contributed by atoms with Crippen LogP contribution >= 0.6 is 11.3 Å². The molecule has 0 saturated carbocycles. The van der Waals surface area contributed by atoms with Crippen LogP contribution < -0.4 is 10.8 Å². The molecule has 8 heteroatoms. The van der Waals surface area contributed by atoms with Crippen molar-refractivity contribution in [3.63, 3.8) is 0 Å². The fourth-order valence-corrected chi connectivity index (χ4v) is 3.33. The van der Waals surface area contributed by atoms with Gasteiger partial charge in [-0.05, 0) is 30.3 Å². The average Bonchev–Trinajstić information content (AvgIpc) is 3.28. The van der Waals surface area contributed by atoms with Crippen molar-refractivity contribution < 1.29 is 10.0 Å². The number of hydrogen-bond donors (Lipinski definition) is 3. The van der Waals surface area contributed by atoms with Crippen molar-refractivity contribution >= 4 is 33.7 Å². The molecule has 0 fully saturated rings. The van der Waals surface area contributed by atoms with E-state index in [-0.39, 0.29) is 0 Å². The first kappa shape index (κ1) is 15.3. The van der Waals surface area contributed by atoms with E-state index in [4.69, 9.17) is 5.21 Å². The van der Waals surface area contributed by atoms with Crippen molar-refractivity contribution in [2.45, 2.75) is 0 Å². The molecule has 3 heterocycles. The van der Waals surface area contributed by atoms with E-state index < -0.39 is 5.91 Å². The molecular formula is C17H13N5O2S. The highest BCUT2D eigenvalue weighted by Gasteiger charge is 2.10. The van der Waals surface area contributed by atoms with Crippen LogP contribution in [0.1, 0.15) is 10.4 Å². The van der Waals surface area contributed by atoms with Crippen LogP contribution in [0, 0.1) is 0 Å². The monoisotopic (exact) mass is 351 g/mol. The zero-order chi connectivity index (χ0) is 17.2. The number of amides is 1. The third-order valence-corrected chi connectivity index (χ3v) is 4.59. The minimum atomic E-state index is -0.561. The Balaban J connectivity index is 1.61. The molecule has 7 nitrogen and oxygen atoms in total. The van der Waals surface area contributed by atoms with Gasteiger partial charge in [0.25, 0.3) is 5.91 Å². The lowest BCUT2D eigenvalue weighted by Gasteiger charge is -2.04. The number of hydrogen-bond acceptors (Lipinski definition) is 6. The van der Waals surface area contributed by atoms with Crippen LogP contribution in [-0.2, 0) is 0 Å². The molecular weight excluding hydrogens is 338 g/mol. The molecule has 0 bridgehead atoms. The normalized spacial score (nSPS) is 10.8. The number of nitrogens with one attached hydrogen (secondary N) is 2. The number of hydroxylamine groups is 1. The molecule has 1 amide bonds. The van der Waals surface area contributed by atoms with E-state index in [1.165, 1.54) is 11.3 Å². The summed E-state index contributed by atoms with van der Waals surface area (Å²) in [4.78, 5) is 21.2. The Hall–Kier alpha value is -3.23. The quantitative estimate of drug-likeness (QED) is 0.387. The van der Waals surface area contributed by atoms with Gasteiger partial charge >= 0.3 is 0 Å². The maximum atomic E-state index is 11.5. The molecule has 0 aliphatic rings. The van der Waals surface area contributed by atoms with Gasteiger partial charge in [-0.2, -0.15) is 0 Å². The molecule has 3 aromatic heterocycles. The van der Waals surface area contributed by atoms with Gasteiger partial charge in [-0.25, -0.2) is 15.4 Å². The number of thiazole rings is 1. The number of fused-ring (bicyclic) bond motifs is 1. The van der Waals surface area contributed by atoms with Crippen molar-refractivity contribution in [2.75, 3.05) is 5.32 Å². The van der Waals surface area contributed by atoms with E-state index in [1.54, 1.807) is 29.9 Å². The molecule has 0 radical (unpaired) electrons.